The van der Waals surface area contributed by atoms with Crippen LogP contribution in [0.2, 0.25) is 0 Å². The Hall–Kier alpha value is -4.12. The van der Waals surface area contributed by atoms with Crippen molar-refractivity contribution in [2.75, 3.05) is 6.54 Å². The molecule has 1 aromatic heterocycles. The number of hydrogen-bond donors (Lipinski definition) is 1. The van der Waals surface area contributed by atoms with Gasteiger partial charge in [0.05, 0.1) is 17.3 Å². The Morgan fingerprint density at radius 1 is 1.17 bits per heavy atom. The van der Waals surface area contributed by atoms with E-state index in [9.17, 15) is 9.59 Å². The molecule has 2 heterocycles. The molecule has 1 aliphatic rings. The Morgan fingerprint density at radius 3 is 2.60 bits per heavy atom. The maximum Gasteiger partial charge on any atom is 0.275 e. The minimum Gasteiger partial charge on any atom is -0.379 e. The highest BCUT2D eigenvalue weighted by molar-refractivity contribution is 5.90. The van der Waals surface area contributed by atoms with Crippen molar-refractivity contribution in [3.8, 4) is 22.9 Å². The summed E-state index contributed by atoms with van der Waals surface area (Å²) in [5, 5.41) is 13.0. The van der Waals surface area contributed by atoms with Crippen LogP contribution < -0.4 is 10.3 Å². The molecular weight excluding hydrogens is 444 g/mol. The van der Waals surface area contributed by atoms with E-state index in [0.717, 1.165) is 17.5 Å². The van der Waals surface area contributed by atoms with E-state index in [1.165, 1.54) is 0 Å². The lowest BCUT2D eigenvalue weighted by atomic mass is 9.91. The van der Waals surface area contributed by atoms with Gasteiger partial charge in [-0.05, 0) is 61.1 Å². The van der Waals surface area contributed by atoms with Crippen molar-refractivity contribution in [3.63, 3.8) is 0 Å². The molecule has 0 radical (unpaired) electrons. The summed E-state index contributed by atoms with van der Waals surface area (Å²) < 4.78 is 5.39. The molecule has 35 heavy (non-hydrogen) atoms. The fourth-order valence-electron chi connectivity index (χ4n) is 4.41. The van der Waals surface area contributed by atoms with Crippen molar-refractivity contribution in [2.45, 2.75) is 45.6 Å². The number of nitriles is 1. The summed E-state index contributed by atoms with van der Waals surface area (Å²) in [6.45, 7) is 6.22. The van der Waals surface area contributed by atoms with Gasteiger partial charge in [-0.25, -0.2) is 0 Å². The number of hydrogen-bond acceptors (Lipinski definition) is 6. The Morgan fingerprint density at radius 2 is 1.94 bits per heavy atom. The zero-order valence-corrected chi connectivity index (χ0v) is 20.0. The molecule has 8 nitrogen and oxygen atoms in total. The lowest BCUT2D eigenvalue weighted by Crippen LogP contribution is -2.48. The summed E-state index contributed by atoms with van der Waals surface area (Å²) in [6.07, 6.45) is 1.30. The molecule has 0 bridgehead atoms. The molecule has 1 N–H and O–H groups in total. The highest BCUT2D eigenvalue weighted by atomic mass is 16.7. The maximum atomic E-state index is 13.4. The summed E-state index contributed by atoms with van der Waals surface area (Å²) >= 11 is 0. The molecule has 2 aromatic carbocycles. The Labute approximate surface area is 204 Å². The van der Waals surface area contributed by atoms with Crippen molar-refractivity contribution in [1.29, 1.82) is 5.26 Å². The molecule has 1 saturated heterocycles. The van der Waals surface area contributed by atoms with Gasteiger partial charge in [0.2, 0.25) is 5.91 Å². The average molecular weight is 473 g/mol. The highest BCUT2D eigenvalue weighted by Gasteiger charge is 2.40. The van der Waals surface area contributed by atoms with E-state index in [0.29, 0.717) is 35.7 Å². The van der Waals surface area contributed by atoms with Crippen molar-refractivity contribution >= 4 is 11.8 Å². The molecule has 3 aromatic rings. The third-order valence-corrected chi connectivity index (χ3v) is 6.17. The fraction of sp³-hybridized carbons (Fsp3) is 0.333. The van der Waals surface area contributed by atoms with Crippen molar-refractivity contribution in [1.82, 2.24) is 15.5 Å². The maximum absolute atomic E-state index is 13.4. The minimum absolute atomic E-state index is 0.0113. The van der Waals surface area contributed by atoms with Crippen LogP contribution in [0.15, 0.2) is 59.1 Å². The first-order valence-electron chi connectivity index (χ1n) is 11.7. The Bertz CT molecular complexity index is 1240. The molecule has 180 valence electrons. The largest absolute Gasteiger partial charge is 0.379 e. The normalized spacial score (nSPS) is 16.1. The predicted molar refractivity (Wildman–Crippen MR) is 129 cm³/mol. The number of likely N-dealkylation sites (tertiary alicyclic amines) is 1. The molecule has 2 amide bonds. The number of nitrogens with one attached hydrogen (secondary N) is 1. The molecule has 2 unspecified atom stereocenters. The first kappa shape index (κ1) is 24.0. The molecule has 1 aliphatic heterocycles. The van der Waals surface area contributed by atoms with Gasteiger partial charge in [0.15, 0.2) is 5.75 Å². The van der Waals surface area contributed by atoms with Gasteiger partial charge in [-0.15, -0.1) is 0 Å². The molecule has 8 heteroatoms. The van der Waals surface area contributed by atoms with Crippen LogP contribution >= 0.6 is 0 Å². The zero-order chi connectivity index (χ0) is 24.9. The van der Waals surface area contributed by atoms with Crippen molar-refractivity contribution in [2.24, 2.45) is 5.92 Å². The molecule has 0 spiro atoms. The van der Waals surface area contributed by atoms with Gasteiger partial charge in [-0.1, -0.05) is 43.3 Å². The van der Waals surface area contributed by atoms with Crippen LogP contribution in [-0.4, -0.2) is 34.5 Å². The fourth-order valence-corrected chi connectivity index (χ4v) is 4.41. The van der Waals surface area contributed by atoms with Gasteiger partial charge < -0.3 is 14.3 Å². The van der Waals surface area contributed by atoms with Crippen LogP contribution in [0.4, 0.5) is 0 Å². The molecule has 4 rings (SSSR count). The molecule has 0 saturated carbocycles. The predicted octanol–water partition coefficient (Wildman–Crippen LogP) is 4.36. The van der Waals surface area contributed by atoms with E-state index in [1.807, 2.05) is 51.1 Å². The number of rotatable bonds is 7. The van der Waals surface area contributed by atoms with Crippen molar-refractivity contribution < 1.29 is 18.9 Å². The Balaban J connectivity index is 1.40. The summed E-state index contributed by atoms with van der Waals surface area (Å²) in [6, 6.07) is 17.8. The van der Waals surface area contributed by atoms with E-state index in [4.69, 9.17) is 14.6 Å². The van der Waals surface area contributed by atoms with E-state index in [-0.39, 0.29) is 17.7 Å². The van der Waals surface area contributed by atoms with Crippen LogP contribution in [-0.2, 0) is 9.59 Å². The number of carbonyl (C=O) groups is 2. The molecular formula is C27H28N4O4. The van der Waals surface area contributed by atoms with Gasteiger partial charge >= 0.3 is 0 Å². The van der Waals surface area contributed by atoms with Crippen LogP contribution in [0, 0.1) is 24.2 Å². The summed E-state index contributed by atoms with van der Waals surface area (Å²) in [5.41, 5.74) is 5.65. The lowest BCUT2D eigenvalue weighted by molar-refractivity contribution is -0.143. The number of benzene rings is 2. The number of carbonyl (C=O) groups excluding carboxylic acids is 2. The Kier molecular flexibility index (Phi) is 7.16. The van der Waals surface area contributed by atoms with Gasteiger partial charge in [0, 0.05) is 12.6 Å². The third kappa shape index (κ3) is 5.35. The standard InChI is InChI=1S/C27H28N4O4/c1-17(2)25(24-14-18(3)29-35-24)27(33)31-13-5-8-23(31)26(32)30-34-22-11-9-20(10-12-22)21-7-4-6-19(15-21)16-28/h4,6-7,9-12,14-15,17,23,25H,5,8,13H2,1-3H3,(H,30,32). The first-order chi connectivity index (χ1) is 16.9. The van der Waals surface area contributed by atoms with E-state index in [1.54, 1.807) is 29.2 Å². The van der Waals surface area contributed by atoms with Crippen LogP contribution in [0.25, 0.3) is 11.1 Å². The second-order valence-electron chi connectivity index (χ2n) is 9.07. The van der Waals surface area contributed by atoms with Crippen LogP contribution in [0.5, 0.6) is 5.75 Å². The van der Waals surface area contributed by atoms with Gasteiger partial charge in [-0.3, -0.25) is 9.59 Å². The number of aromatic nitrogens is 1. The quantitative estimate of drug-likeness (QED) is 0.512. The average Bonchev–Trinajstić information content (AvgIpc) is 3.52. The van der Waals surface area contributed by atoms with Gasteiger partial charge in [0.25, 0.3) is 5.91 Å². The van der Waals surface area contributed by atoms with E-state index < -0.39 is 12.0 Å². The lowest BCUT2D eigenvalue weighted by Gasteiger charge is -2.28. The molecule has 2 atom stereocenters. The van der Waals surface area contributed by atoms with Gasteiger partial charge in [0.1, 0.15) is 17.7 Å². The number of hydroxylamine groups is 1. The SMILES string of the molecule is Cc1cc(C(C(=O)N2CCCC2C(=O)NOc2ccc(-c3cccc(C#N)c3)cc2)C(C)C)on1. The van der Waals surface area contributed by atoms with Crippen LogP contribution in [0.1, 0.15) is 49.6 Å². The molecule has 0 aliphatic carbocycles. The van der Waals surface area contributed by atoms with Crippen molar-refractivity contribution in [3.05, 3.63) is 71.6 Å². The summed E-state index contributed by atoms with van der Waals surface area (Å²) in [4.78, 5) is 33.5. The zero-order valence-electron chi connectivity index (χ0n) is 20.0. The number of amides is 2. The number of nitrogens with zero attached hydrogens (tertiary/aromatic N) is 3. The second-order valence-corrected chi connectivity index (χ2v) is 9.07. The van der Waals surface area contributed by atoms with Gasteiger partial charge in [-0.2, -0.15) is 10.7 Å². The third-order valence-electron chi connectivity index (χ3n) is 6.17. The minimum atomic E-state index is -0.610. The smallest absolute Gasteiger partial charge is 0.275 e. The van der Waals surface area contributed by atoms with Crippen LogP contribution in [0.3, 0.4) is 0 Å². The first-order valence-corrected chi connectivity index (χ1v) is 11.7. The van der Waals surface area contributed by atoms with E-state index in [2.05, 4.69) is 16.7 Å². The summed E-state index contributed by atoms with van der Waals surface area (Å²) in [7, 11) is 0. The summed E-state index contributed by atoms with van der Waals surface area (Å²) in [5.74, 6) is -0.0344. The molecule has 1 fully saturated rings. The van der Waals surface area contributed by atoms with E-state index >= 15 is 0 Å². The number of aryl methyl sites for hydroxylation is 1. The monoisotopic (exact) mass is 472 g/mol. The topological polar surface area (TPSA) is 108 Å². The highest BCUT2D eigenvalue weighted by Crippen LogP contribution is 2.31. The second kappa shape index (κ2) is 10.4.